The van der Waals surface area contributed by atoms with E-state index in [1.807, 2.05) is 25.1 Å². The zero-order chi connectivity index (χ0) is 13.9. The quantitative estimate of drug-likeness (QED) is 0.762. The zero-order valence-electron chi connectivity index (χ0n) is 11.6. The van der Waals surface area contributed by atoms with E-state index in [1.165, 1.54) is 0 Å². The number of nitrogens with one attached hydrogen (secondary N) is 2. The molecule has 0 fully saturated rings. The Balaban J connectivity index is 1.97. The van der Waals surface area contributed by atoms with E-state index in [4.69, 9.17) is 0 Å². The molecule has 5 nitrogen and oxygen atoms in total. The van der Waals surface area contributed by atoms with Gasteiger partial charge in [-0.05, 0) is 31.7 Å². The van der Waals surface area contributed by atoms with Crippen LogP contribution in [0.25, 0.3) is 22.3 Å². The molecule has 0 spiro atoms. The number of aromatic amines is 1. The van der Waals surface area contributed by atoms with Crippen LogP contribution in [0.5, 0.6) is 0 Å². The molecule has 102 valence electrons. The second kappa shape index (κ2) is 5.38. The van der Waals surface area contributed by atoms with E-state index >= 15 is 0 Å². The van der Waals surface area contributed by atoms with Gasteiger partial charge in [0, 0.05) is 11.8 Å². The molecule has 3 rings (SSSR count). The lowest BCUT2D eigenvalue weighted by Crippen LogP contribution is -2.14. The number of H-pyrrole nitrogens is 1. The van der Waals surface area contributed by atoms with Gasteiger partial charge in [-0.2, -0.15) is 0 Å². The van der Waals surface area contributed by atoms with Crippen molar-refractivity contribution in [1.82, 2.24) is 25.3 Å². The number of nitrogens with zero attached hydrogens (tertiary/aromatic N) is 3. The van der Waals surface area contributed by atoms with Gasteiger partial charge in [-0.25, -0.2) is 15.0 Å². The first-order valence-corrected chi connectivity index (χ1v) is 6.75. The third-order valence-corrected chi connectivity index (χ3v) is 3.13. The standard InChI is InChI=1S/C15H17N5/c1-3-16-9-15-17-7-6-12(20-15)11-4-5-13-14(8-11)19-10(2)18-13/h4-8,16H,3,9H2,1-2H3,(H,18,19). The Labute approximate surface area is 117 Å². The third kappa shape index (κ3) is 2.53. The monoisotopic (exact) mass is 267 g/mol. The normalized spacial score (nSPS) is 11.1. The molecule has 0 unspecified atom stereocenters. The maximum atomic E-state index is 4.59. The van der Waals surface area contributed by atoms with Gasteiger partial charge in [-0.1, -0.05) is 13.0 Å². The number of hydrogen-bond donors (Lipinski definition) is 2. The average molecular weight is 267 g/mol. The molecule has 0 atom stereocenters. The minimum atomic E-state index is 0.690. The van der Waals surface area contributed by atoms with Crippen LogP contribution in [0.3, 0.4) is 0 Å². The van der Waals surface area contributed by atoms with Crippen molar-refractivity contribution in [3.05, 3.63) is 42.1 Å². The molecule has 0 radical (unpaired) electrons. The van der Waals surface area contributed by atoms with Crippen LogP contribution < -0.4 is 5.32 Å². The first-order chi connectivity index (χ1) is 9.76. The summed E-state index contributed by atoms with van der Waals surface area (Å²) in [6.07, 6.45) is 1.80. The van der Waals surface area contributed by atoms with Gasteiger partial charge in [-0.3, -0.25) is 0 Å². The summed E-state index contributed by atoms with van der Waals surface area (Å²) in [5.41, 5.74) is 4.02. The van der Waals surface area contributed by atoms with Crippen molar-refractivity contribution in [2.24, 2.45) is 0 Å². The molecule has 0 amide bonds. The fourth-order valence-corrected chi connectivity index (χ4v) is 2.18. The maximum absolute atomic E-state index is 4.59. The molecule has 0 saturated carbocycles. The van der Waals surface area contributed by atoms with Gasteiger partial charge in [0.05, 0.1) is 23.3 Å². The fourth-order valence-electron chi connectivity index (χ4n) is 2.18. The van der Waals surface area contributed by atoms with E-state index in [2.05, 4.69) is 38.2 Å². The molecule has 0 aliphatic rings. The Morgan fingerprint density at radius 3 is 2.95 bits per heavy atom. The topological polar surface area (TPSA) is 66.5 Å². The minimum Gasteiger partial charge on any atom is -0.342 e. The lowest BCUT2D eigenvalue weighted by atomic mass is 10.1. The van der Waals surface area contributed by atoms with Crippen molar-refractivity contribution < 1.29 is 0 Å². The Hall–Kier alpha value is -2.27. The van der Waals surface area contributed by atoms with Gasteiger partial charge in [-0.15, -0.1) is 0 Å². The van der Waals surface area contributed by atoms with Gasteiger partial charge in [0.1, 0.15) is 11.6 Å². The molecule has 2 heterocycles. The summed E-state index contributed by atoms with van der Waals surface area (Å²) in [6, 6.07) is 8.07. The van der Waals surface area contributed by atoms with E-state index in [-0.39, 0.29) is 0 Å². The lowest BCUT2D eigenvalue weighted by Gasteiger charge is -2.04. The Bertz CT molecular complexity index is 732. The molecular weight excluding hydrogens is 250 g/mol. The van der Waals surface area contributed by atoms with E-state index < -0.39 is 0 Å². The molecule has 0 aliphatic heterocycles. The molecule has 2 N–H and O–H groups in total. The smallest absolute Gasteiger partial charge is 0.142 e. The van der Waals surface area contributed by atoms with E-state index in [9.17, 15) is 0 Å². The summed E-state index contributed by atoms with van der Waals surface area (Å²) in [7, 11) is 0. The summed E-state index contributed by atoms with van der Waals surface area (Å²) in [5.74, 6) is 1.73. The van der Waals surface area contributed by atoms with Gasteiger partial charge >= 0.3 is 0 Å². The first-order valence-electron chi connectivity index (χ1n) is 6.75. The SMILES string of the molecule is CCNCc1nccc(-c2ccc3nc(C)[nH]c3c2)n1. The van der Waals surface area contributed by atoms with Crippen LogP contribution >= 0.6 is 0 Å². The van der Waals surface area contributed by atoms with Gasteiger partial charge in [0.25, 0.3) is 0 Å². The van der Waals surface area contributed by atoms with Crippen LogP contribution in [-0.4, -0.2) is 26.5 Å². The Morgan fingerprint density at radius 1 is 1.20 bits per heavy atom. The molecule has 2 aromatic heterocycles. The number of aromatic nitrogens is 4. The van der Waals surface area contributed by atoms with Crippen LogP contribution in [-0.2, 0) is 6.54 Å². The number of benzene rings is 1. The molecule has 0 saturated heterocycles. The Morgan fingerprint density at radius 2 is 2.10 bits per heavy atom. The number of imidazole rings is 1. The predicted octanol–water partition coefficient (Wildman–Crippen LogP) is 2.44. The number of rotatable bonds is 4. The molecule has 0 aliphatic carbocycles. The second-order valence-electron chi connectivity index (χ2n) is 4.69. The van der Waals surface area contributed by atoms with E-state index in [0.717, 1.165) is 40.5 Å². The van der Waals surface area contributed by atoms with Crippen molar-refractivity contribution in [2.45, 2.75) is 20.4 Å². The minimum absolute atomic E-state index is 0.690. The number of fused-ring (bicyclic) bond motifs is 1. The third-order valence-electron chi connectivity index (χ3n) is 3.13. The highest BCUT2D eigenvalue weighted by atomic mass is 15.0. The van der Waals surface area contributed by atoms with Crippen molar-refractivity contribution in [1.29, 1.82) is 0 Å². The molecule has 0 bridgehead atoms. The average Bonchev–Trinajstić information content (AvgIpc) is 2.84. The van der Waals surface area contributed by atoms with Gasteiger partial charge in [0.2, 0.25) is 0 Å². The Kier molecular flexibility index (Phi) is 3.43. The van der Waals surface area contributed by atoms with Gasteiger partial charge in [0.15, 0.2) is 0 Å². The van der Waals surface area contributed by atoms with Crippen molar-refractivity contribution in [2.75, 3.05) is 6.54 Å². The van der Waals surface area contributed by atoms with Crippen molar-refractivity contribution in [3.8, 4) is 11.3 Å². The van der Waals surface area contributed by atoms with Crippen molar-refractivity contribution >= 4 is 11.0 Å². The van der Waals surface area contributed by atoms with Crippen LogP contribution in [0.2, 0.25) is 0 Å². The summed E-state index contributed by atoms with van der Waals surface area (Å²) >= 11 is 0. The molecule has 3 aromatic rings. The van der Waals surface area contributed by atoms with Crippen LogP contribution in [0.4, 0.5) is 0 Å². The fraction of sp³-hybridized carbons (Fsp3) is 0.267. The highest BCUT2D eigenvalue weighted by molar-refractivity contribution is 5.81. The number of aryl methyl sites for hydroxylation is 1. The summed E-state index contributed by atoms with van der Waals surface area (Å²) in [6.45, 7) is 5.62. The highest BCUT2D eigenvalue weighted by Crippen LogP contribution is 2.21. The van der Waals surface area contributed by atoms with Crippen molar-refractivity contribution in [3.63, 3.8) is 0 Å². The zero-order valence-corrected chi connectivity index (χ0v) is 11.6. The van der Waals surface area contributed by atoms with Crippen LogP contribution in [0, 0.1) is 6.92 Å². The van der Waals surface area contributed by atoms with E-state index in [1.54, 1.807) is 6.20 Å². The highest BCUT2D eigenvalue weighted by Gasteiger charge is 2.05. The van der Waals surface area contributed by atoms with Gasteiger partial charge < -0.3 is 10.3 Å². The van der Waals surface area contributed by atoms with Crippen LogP contribution in [0.15, 0.2) is 30.5 Å². The van der Waals surface area contributed by atoms with E-state index in [0.29, 0.717) is 6.54 Å². The predicted molar refractivity (Wildman–Crippen MR) is 79.2 cm³/mol. The maximum Gasteiger partial charge on any atom is 0.142 e. The summed E-state index contributed by atoms with van der Waals surface area (Å²) < 4.78 is 0. The number of hydrogen-bond acceptors (Lipinski definition) is 4. The first kappa shape index (κ1) is 12.7. The lowest BCUT2D eigenvalue weighted by molar-refractivity contribution is 0.691. The summed E-state index contributed by atoms with van der Waals surface area (Å²) in [5, 5.41) is 3.24. The molecule has 5 heteroatoms. The van der Waals surface area contributed by atoms with Crippen LogP contribution in [0.1, 0.15) is 18.6 Å². The summed E-state index contributed by atoms with van der Waals surface area (Å²) in [4.78, 5) is 16.5. The molecule has 1 aromatic carbocycles. The largest absolute Gasteiger partial charge is 0.342 e. The molecule has 20 heavy (non-hydrogen) atoms. The molecular formula is C15H17N5. The second-order valence-corrected chi connectivity index (χ2v) is 4.69.